The molecular formula is C11H15N5O. The van der Waals surface area contributed by atoms with Crippen LogP contribution in [-0.2, 0) is 4.74 Å². The molecule has 0 aliphatic carbocycles. The minimum Gasteiger partial charge on any atom is -0.357 e. The van der Waals surface area contributed by atoms with Gasteiger partial charge in [-0.1, -0.05) is 17.3 Å². The molecule has 0 saturated carbocycles. The van der Waals surface area contributed by atoms with Gasteiger partial charge in [0.15, 0.2) is 0 Å². The fourth-order valence-corrected chi connectivity index (χ4v) is 1.80. The summed E-state index contributed by atoms with van der Waals surface area (Å²) in [6, 6.07) is 0. The second-order valence-corrected chi connectivity index (χ2v) is 3.89. The minimum atomic E-state index is 0.0722. The summed E-state index contributed by atoms with van der Waals surface area (Å²) in [5.74, 6) is 0. The zero-order chi connectivity index (χ0) is 11.9. The van der Waals surface area contributed by atoms with Crippen LogP contribution in [0.3, 0.4) is 0 Å². The van der Waals surface area contributed by atoms with Gasteiger partial charge in [-0.3, -0.25) is 0 Å². The molecule has 1 aliphatic rings. The van der Waals surface area contributed by atoms with Gasteiger partial charge in [-0.25, -0.2) is 4.68 Å². The first-order valence-electron chi connectivity index (χ1n) is 5.73. The molecule has 1 saturated heterocycles. The van der Waals surface area contributed by atoms with Crippen LogP contribution in [0.5, 0.6) is 0 Å². The van der Waals surface area contributed by atoms with E-state index < -0.39 is 0 Å². The van der Waals surface area contributed by atoms with Crippen LogP contribution in [0.25, 0.3) is 16.5 Å². The summed E-state index contributed by atoms with van der Waals surface area (Å²) in [6.07, 6.45) is 10.8. The first-order chi connectivity index (χ1) is 8.40. The number of hydrogen-bond acceptors (Lipinski definition) is 3. The van der Waals surface area contributed by atoms with Gasteiger partial charge in [0.25, 0.3) is 0 Å². The van der Waals surface area contributed by atoms with E-state index in [1.807, 2.05) is 23.0 Å². The predicted octanol–water partition coefficient (Wildman–Crippen LogP) is 2.91. The molecule has 90 valence electrons. The zero-order valence-corrected chi connectivity index (χ0v) is 9.57. The van der Waals surface area contributed by atoms with Gasteiger partial charge in [0, 0.05) is 29.8 Å². The van der Waals surface area contributed by atoms with Crippen molar-refractivity contribution in [1.29, 1.82) is 0 Å². The van der Waals surface area contributed by atoms with E-state index in [1.54, 1.807) is 6.20 Å². The number of aromatic nitrogens is 2. The van der Waals surface area contributed by atoms with Crippen molar-refractivity contribution in [2.75, 3.05) is 13.2 Å². The highest BCUT2D eigenvalue weighted by molar-refractivity contribution is 5.46. The maximum Gasteiger partial charge on any atom is 0.150 e. The fraction of sp³-hybridized carbons (Fsp3) is 0.545. The molecule has 0 spiro atoms. The highest BCUT2D eigenvalue weighted by Gasteiger charge is 2.15. The molecule has 1 fully saturated rings. The van der Waals surface area contributed by atoms with E-state index in [0.29, 0.717) is 6.54 Å². The largest absolute Gasteiger partial charge is 0.357 e. The molecule has 0 amide bonds. The number of nitrogens with zero attached hydrogens (tertiary/aromatic N) is 5. The van der Waals surface area contributed by atoms with Crippen molar-refractivity contribution >= 4 is 6.08 Å². The Labute approximate surface area is 99.5 Å². The second kappa shape index (κ2) is 6.08. The van der Waals surface area contributed by atoms with Gasteiger partial charge in [0.2, 0.25) is 0 Å². The van der Waals surface area contributed by atoms with Crippen LogP contribution in [-0.4, -0.2) is 22.9 Å². The summed E-state index contributed by atoms with van der Waals surface area (Å²) in [4.78, 5) is 2.68. The molecule has 0 radical (unpaired) electrons. The smallest absolute Gasteiger partial charge is 0.150 e. The van der Waals surface area contributed by atoms with Crippen molar-refractivity contribution in [3.63, 3.8) is 0 Å². The molecule has 1 atom stereocenters. The molecule has 0 unspecified atom stereocenters. The third-order valence-electron chi connectivity index (χ3n) is 2.63. The predicted molar refractivity (Wildman–Crippen MR) is 64.1 cm³/mol. The third kappa shape index (κ3) is 3.34. The molecule has 17 heavy (non-hydrogen) atoms. The van der Waals surface area contributed by atoms with Crippen LogP contribution in [0.2, 0.25) is 0 Å². The molecule has 1 aromatic rings. The van der Waals surface area contributed by atoms with E-state index in [9.17, 15) is 0 Å². The molecule has 2 rings (SSSR count). The van der Waals surface area contributed by atoms with E-state index in [2.05, 4.69) is 15.1 Å². The SMILES string of the molecule is [N-]=[N+]=NCC=Cc1cnn([C@@H]2CCCCO2)c1. The van der Waals surface area contributed by atoms with Crippen LogP contribution >= 0.6 is 0 Å². The quantitative estimate of drug-likeness (QED) is 0.455. The van der Waals surface area contributed by atoms with Crippen LogP contribution in [0, 0.1) is 0 Å². The molecule has 6 nitrogen and oxygen atoms in total. The van der Waals surface area contributed by atoms with Gasteiger partial charge in [0.1, 0.15) is 6.23 Å². The summed E-state index contributed by atoms with van der Waals surface area (Å²) >= 11 is 0. The van der Waals surface area contributed by atoms with Crippen LogP contribution in [0.1, 0.15) is 31.1 Å². The van der Waals surface area contributed by atoms with Gasteiger partial charge in [-0.2, -0.15) is 5.10 Å². The Balaban J connectivity index is 1.95. The Kier molecular flexibility index (Phi) is 4.18. The lowest BCUT2D eigenvalue weighted by Gasteiger charge is -2.22. The summed E-state index contributed by atoms with van der Waals surface area (Å²) in [5.41, 5.74) is 9.12. The Morgan fingerprint density at radius 2 is 2.59 bits per heavy atom. The molecule has 6 heteroatoms. The summed E-state index contributed by atoms with van der Waals surface area (Å²) in [5, 5.41) is 7.70. The summed E-state index contributed by atoms with van der Waals surface area (Å²) in [7, 11) is 0. The number of hydrogen-bond donors (Lipinski definition) is 0. The zero-order valence-electron chi connectivity index (χ0n) is 9.57. The Bertz CT molecular complexity index is 427. The van der Waals surface area contributed by atoms with Gasteiger partial charge in [-0.05, 0) is 24.8 Å². The monoisotopic (exact) mass is 233 g/mol. The van der Waals surface area contributed by atoms with Gasteiger partial charge >= 0.3 is 0 Å². The van der Waals surface area contributed by atoms with Crippen molar-refractivity contribution in [3.8, 4) is 0 Å². The standard InChI is InChI=1S/C11H15N5O/c12-15-13-6-3-4-10-8-14-16(9-10)11-5-1-2-7-17-11/h3-4,8-9,11H,1-2,5-7H2/t11-/m0/s1. The number of ether oxygens (including phenoxy) is 1. The van der Waals surface area contributed by atoms with E-state index in [-0.39, 0.29) is 6.23 Å². The molecular weight excluding hydrogens is 218 g/mol. The molecule has 1 aliphatic heterocycles. The van der Waals surface area contributed by atoms with Gasteiger partial charge in [0.05, 0.1) is 6.20 Å². The molecule has 0 N–H and O–H groups in total. The van der Waals surface area contributed by atoms with E-state index in [0.717, 1.165) is 25.0 Å². The summed E-state index contributed by atoms with van der Waals surface area (Å²) in [6.45, 7) is 1.17. The Hall–Kier alpha value is -1.78. The average Bonchev–Trinajstić information content (AvgIpc) is 2.85. The normalized spacial score (nSPS) is 20.4. The fourth-order valence-electron chi connectivity index (χ4n) is 1.80. The van der Waals surface area contributed by atoms with Gasteiger partial charge in [-0.15, -0.1) is 0 Å². The minimum absolute atomic E-state index is 0.0722. The first-order valence-corrected chi connectivity index (χ1v) is 5.73. The average molecular weight is 233 g/mol. The molecule has 1 aromatic heterocycles. The van der Waals surface area contributed by atoms with Crippen molar-refractivity contribution < 1.29 is 4.74 Å². The van der Waals surface area contributed by atoms with Crippen molar-refractivity contribution in [2.45, 2.75) is 25.5 Å². The van der Waals surface area contributed by atoms with E-state index >= 15 is 0 Å². The van der Waals surface area contributed by atoms with E-state index in [1.165, 1.54) is 6.42 Å². The second-order valence-electron chi connectivity index (χ2n) is 3.89. The summed E-state index contributed by atoms with van der Waals surface area (Å²) < 4.78 is 7.48. The lowest BCUT2D eigenvalue weighted by atomic mass is 10.2. The topological polar surface area (TPSA) is 75.8 Å². The Morgan fingerprint density at radius 1 is 1.65 bits per heavy atom. The highest BCUT2D eigenvalue weighted by Crippen LogP contribution is 2.21. The third-order valence-corrected chi connectivity index (χ3v) is 2.63. The lowest BCUT2D eigenvalue weighted by molar-refractivity contribution is -0.0394. The number of azide groups is 1. The molecule has 0 bridgehead atoms. The first kappa shape index (κ1) is 11.7. The molecule has 0 aromatic carbocycles. The highest BCUT2D eigenvalue weighted by atomic mass is 16.5. The van der Waals surface area contributed by atoms with Gasteiger partial charge < -0.3 is 4.74 Å². The lowest BCUT2D eigenvalue weighted by Crippen LogP contribution is -2.18. The van der Waals surface area contributed by atoms with Crippen LogP contribution in [0.4, 0.5) is 0 Å². The molecule has 2 heterocycles. The van der Waals surface area contributed by atoms with E-state index in [4.69, 9.17) is 10.3 Å². The Morgan fingerprint density at radius 3 is 3.35 bits per heavy atom. The van der Waals surface area contributed by atoms with Crippen molar-refractivity contribution in [1.82, 2.24) is 9.78 Å². The van der Waals surface area contributed by atoms with Crippen LogP contribution in [0.15, 0.2) is 23.6 Å². The number of rotatable bonds is 4. The van der Waals surface area contributed by atoms with Crippen LogP contribution < -0.4 is 0 Å². The maximum atomic E-state index is 8.13. The van der Waals surface area contributed by atoms with Crippen molar-refractivity contribution in [3.05, 3.63) is 34.5 Å². The maximum absolute atomic E-state index is 8.13. The van der Waals surface area contributed by atoms with Crippen molar-refractivity contribution in [2.24, 2.45) is 5.11 Å².